The molecule has 26 heavy (non-hydrogen) atoms. The van der Waals surface area contributed by atoms with Crippen molar-refractivity contribution in [2.24, 2.45) is 0 Å². The molecule has 1 heterocycles. The van der Waals surface area contributed by atoms with Crippen molar-refractivity contribution < 1.29 is 14.3 Å². The molecule has 1 atom stereocenters. The lowest BCUT2D eigenvalue weighted by Crippen LogP contribution is -2.37. The van der Waals surface area contributed by atoms with Gasteiger partial charge in [-0.1, -0.05) is 42.5 Å². The van der Waals surface area contributed by atoms with E-state index in [0.717, 1.165) is 16.7 Å². The minimum atomic E-state index is -0.788. The van der Waals surface area contributed by atoms with Crippen LogP contribution in [0.2, 0.25) is 0 Å². The molecule has 4 nitrogen and oxygen atoms in total. The van der Waals surface area contributed by atoms with Crippen LogP contribution in [-0.4, -0.2) is 17.7 Å². The van der Waals surface area contributed by atoms with Crippen LogP contribution >= 0.6 is 11.3 Å². The highest BCUT2D eigenvalue weighted by Gasteiger charge is 2.10. The van der Waals surface area contributed by atoms with Crippen LogP contribution in [0.25, 0.3) is 10.4 Å². The number of nitrogens with one attached hydrogen (secondary N) is 2. The minimum Gasteiger partial charge on any atom is -0.387 e. The van der Waals surface area contributed by atoms with E-state index in [4.69, 9.17) is 0 Å². The molecule has 6 heteroatoms. The Bertz CT molecular complexity index is 833. The molecule has 0 fully saturated rings. The fourth-order valence-corrected chi connectivity index (χ4v) is 3.20. The van der Waals surface area contributed by atoms with Gasteiger partial charge in [0.1, 0.15) is 5.82 Å². The molecule has 134 valence electrons. The number of carbonyl (C=O) groups excluding carboxylic acids is 1. The van der Waals surface area contributed by atoms with E-state index in [1.807, 2.05) is 41.8 Å². The summed E-state index contributed by atoms with van der Waals surface area (Å²) in [5.41, 5.74) is 2.64. The Balaban J connectivity index is 1.46. The Morgan fingerprint density at radius 2 is 1.77 bits per heavy atom. The molecule has 0 bridgehead atoms. The number of urea groups is 1. The summed E-state index contributed by atoms with van der Waals surface area (Å²) >= 11 is 1.66. The lowest BCUT2D eigenvalue weighted by molar-refractivity contribution is 0.173. The van der Waals surface area contributed by atoms with Gasteiger partial charge in [0.25, 0.3) is 0 Å². The zero-order valence-corrected chi connectivity index (χ0v) is 14.8. The summed E-state index contributed by atoms with van der Waals surface area (Å²) in [6, 6.07) is 17.2. The molecule has 3 N–H and O–H groups in total. The van der Waals surface area contributed by atoms with Gasteiger partial charge < -0.3 is 15.7 Å². The maximum Gasteiger partial charge on any atom is 0.315 e. The van der Waals surface area contributed by atoms with Crippen LogP contribution in [0.5, 0.6) is 0 Å². The molecule has 3 aromatic rings. The van der Waals surface area contributed by atoms with Gasteiger partial charge in [-0.2, -0.15) is 0 Å². The Morgan fingerprint density at radius 3 is 2.42 bits per heavy atom. The average Bonchev–Trinajstić information content (AvgIpc) is 3.20. The van der Waals surface area contributed by atoms with Gasteiger partial charge in [-0.05, 0) is 40.3 Å². The van der Waals surface area contributed by atoms with E-state index < -0.39 is 6.10 Å². The number of thiophene rings is 1. The standard InChI is InChI=1S/C20H19FN2O2S/c21-17-9-3-14(4-10-17)12-22-20(25)23-13-18(24)15-5-7-16(8-6-15)19-2-1-11-26-19/h1-11,18,24H,12-13H2,(H2,22,23,25). The first-order valence-electron chi connectivity index (χ1n) is 8.20. The number of aliphatic hydroxyl groups excluding tert-OH is 1. The largest absolute Gasteiger partial charge is 0.387 e. The summed E-state index contributed by atoms with van der Waals surface area (Å²) in [5.74, 6) is -0.313. The van der Waals surface area contributed by atoms with Crippen LogP contribution in [0.3, 0.4) is 0 Å². The molecule has 0 aliphatic heterocycles. The summed E-state index contributed by atoms with van der Waals surface area (Å²) in [6.45, 7) is 0.394. The maximum absolute atomic E-state index is 12.8. The third-order valence-corrected chi connectivity index (χ3v) is 4.84. The van der Waals surface area contributed by atoms with Crippen LogP contribution in [0.4, 0.5) is 9.18 Å². The van der Waals surface area contributed by atoms with Crippen LogP contribution < -0.4 is 10.6 Å². The minimum absolute atomic E-state index is 0.105. The van der Waals surface area contributed by atoms with E-state index in [9.17, 15) is 14.3 Å². The number of aliphatic hydroxyl groups is 1. The van der Waals surface area contributed by atoms with Gasteiger partial charge in [0.2, 0.25) is 0 Å². The topological polar surface area (TPSA) is 61.4 Å². The molecule has 1 aromatic heterocycles. The van der Waals surface area contributed by atoms with Gasteiger partial charge in [-0.3, -0.25) is 0 Å². The number of halogens is 1. The maximum atomic E-state index is 12.8. The smallest absolute Gasteiger partial charge is 0.315 e. The van der Waals surface area contributed by atoms with Crippen molar-refractivity contribution in [2.45, 2.75) is 12.6 Å². The number of hydrogen-bond acceptors (Lipinski definition) is 3. The first kappa shape index (κ1) is 18.1. The van der Waals surface area contributed by atoms with Crippen LogP contribution in [0, 0.1) is 5.82 Å². The molecule has 0 radical (unpaired) electrons. The van der Waals surface area contributed by atoms with Crippen molar-refractivity contribution in [3.63, 3.8) is 0 Å². The van der Waals surface area contributed by atoms with Gasteiger partial charge in [0, 0.05) is 18.0 Å². The van der Waals surface area contributed by atoms with Crippen LogP contribution in [-0.2, 0) is 6.54 Å². The van der Waals surface area contributed by atoms with Gasteiger partial charge in [-0.15, -0.1) is 11.3 Å². The van der Waals surface area contributed by atoms with E-state index in [-0.39, 0.29) is 24.9 Å². The normalized spacial score (nSPS) is 11.8. The Hall–Kier alpha value is -2.70. The van der Waals surface area contributed by atoms with E-state index in [1.54, 1.807) is 23.5 Å². The Morgan fingerprint density at radius 1 is 1.04 bits per heavy atom. The summed E-state index contributed by atoms with van der Waals surface area (Å²) in [6.07, 6.45) is -0.788. The summed E-state index contributed by atoms with van der Waals surface area (Å²) in [4.78, 5) is 13.0. The third kappa shape index (κ3) is 4.91. The summed E-state index contributed by atoms with van der Waals surface area (Å²) in [5, 5.41) is 17.5. The third-order valence-electron chi connectivity index (χ3n) is 3.92. The van der Waals surface area contributed by atoms with Crippen molar-refractivity contribution in [3.05, 3.63) is 83.0 Å². The van der Waals surface area contributed by atoms with Crippen molar-refractivity contribution >= 4 is 17.4 Å². The molecule has 0 aliphatic carbocycles. The first-order chi connectivity index (χ1) is 12.6. The molecule has 2 aromatic carbocycles. The molecule has 1 unspecified atom stereocenters. The highest BCUT2D eigenvalue weighted by Crippen LogP contribution is 2.25. The first-order valence-corrected chi connectivity index (χ1v) is 9.08. The predicted molar refractivity (Wildman–Crippen MR) is 101 cm³/mol. The lowest BCUT2D eigenvalue weighted by Gasteiger charge is -2.13. The molecule has 0 saturated carbocycles. The van der Waals surface area contributed by atoms with Crippen molar-refractivity contribution in [3.8, 4) is 10.4 Å². The highest BCUT2D eigenvalue weighted by atomic mass is 32.1. The zero-order chi connectivity index (χ0) is 18.4. The molecule has 0 saturated heterocycles. The number of hydrogen-bond donors (Lipinski definition) is 3. The van der Waals surface area contributed by atoms with Crippen LogP contribution in [0.1, 0.15) is 17.2 Å². The predicted octanol–water partition coefficient (Wildman–Crippen LogP) is 4.09. The van der Waals surface area contributed by atoms with Gasteiger partial charge in [0.05, 0.1) is 6.10 Å². The van der Waals surface area contributed by atoms with E-state index >= 15 is 0 Å². The fourth-order valence-electron chi connectivity index (χ4n) is 2.47. The lowest BCUT2D eigenvalue weighted by atomic mass is 10.1. The number of carbonyl (C=O) groups is 1. The van der Waals surface area contributed by atoms with Crippen molar-refractivity contribution in [1.82, 2.24) is 10.6 Å². The van der Waals surface area contributed by atoms with Crippen LogP contribution in [0.15, 0.2) is 66.0 Å². The number of rotatable bonds is 6. The zero-order valence-electron chi connectivity index (χ0n) is 14.0. The second kappa shape index (κ2) is 8.60. The number of benzene rings is 2. The molecule has 3 rings (SSSR count). The van der Waals surface area contributed by atoms with E-state index in [2.05, 4.69) is 10.6 Å². The van der Waals surface area contributed by atoms with Gasteiger partial charge >= 0.3 is 6.03 Å². The monoisotopic (exact) mass is 370 g/mol. The second-order valence-corrected chi connectivity index (χ2v) is 6.75. The van der Waals surface area contributed by atoms with Crippen molar-refractivity contribution in [2.75, 3.05) is 6.54 Å². The average molecular weight is 370 g/mol. The highest BCUT2D eigenvalue weighted by molar-refractivity contribution is 7.13. The molecular weight excluding hydrogens is 351 g/mol. The van der Waals surface area contributed by atoms with Gasteiger partial charge in [-0.25, -0.2) is 9.18 Å². The molecular formula is C20H19FN2O2S. The summed E-state index contributed by atoms with van der Waals surface area (Å²) in [7, 11) is 0. The molecule has 0 spiro atoms. The Kier molecular flexibility index (Phi) is 5.99. The molecule has 2 amide bonds. The molecule has 0 aliphatic rings. The fraction of sp³-hybridized carbons (Fsp3) is 0.150. The van der Waals surface area contributed by atoms with E-state index in [0.29, 0.717) is 0 Å². The van der Waals surface area contributed by atoms with E-state index in [1.165, 1.54) is 17.0 Å². The number of amides is 2. The quantitative estimate of drug-likeness (QED) is 0.612. The SMILES string of the molecule is O=C(NCc1ccc(F)cc1)NCC(O)c1ccc(-c2cccs2)cc1. The van der Waals surface area contributed by atoms with Gasteiger partial charge in [0.15, 0.2) is 0 Å². The van der Waals surface area contributed by atoms with Crippen molar-refractivity contribution in [1.29, 1.82) is 0 Å². The summed E-state index contributed by atoms with van der Waals surface area (Å²) < 4.78 is 12.8. The second-order valence-electron chi connectivity index (χ2n) is 5.81. The Labute approximate surface area is 155 Å².